The molecule has 1 aromatic heterocycles. The number of urea groups is 1. The van der Waals surface area contributed by atoms with Crippen LogP contribution in [0, 0.1) is 13.8 Å². The van der Waals surface area contributed by atoms with Gasteiger partial charge in [-0.05, 0) is 38.8 Å². The largest absolute Gasteiger partial charge is 0.334 e. The van der Waals surface area contributed by atoms with Gasteiger partial charge >= 0.3 is 6.03 Å². The predicted octanol–water partition coefficient (Wildman–Crippen LogP) is 0.710. The van der Waals surface area contributed by atoms with E-state index in [-0.39, 0.29) is 35.7 Å². The second-order valence-corrected chi connectivity index (χ2v) is 8.17. The van der Waals surface area contributed by atoms with Crippen molar-refractivity contribution in [2.75, 3.05) is 18.1 Å². The Kier molecular flexibility index (Phi) is 5.13. The zero-order valence-electron chi connectivity index (χ0n) is 13.7. The molecule has 0 bridgehead atoms. The number of amides is 2. The van der Waals surface area contributed by atoms with Gasteiger partial charge in [-0.25, -0.2) is 13.2 Å². The van der Waals surface area contributed by atoms with Crippen LogP contribution in [0.25, 0.3) is 0 Å². The van der Waals surface area contributed by atoms with Crippen LogP contribution < -0.4 is 10.9 Å². The summed E-state index contributed by atoms with van der Waals surface area (Å²) >= 11 is 0. The van der Waals surface area contributed by atoms with Crippen molar-refractivity contribution in [1.29, 1.82) is 0 Å². The van der Waals surface area contributed by atoms with Crippen molar-refractivity contribution >= 4 is 15.9 Å². The third-order valence-corrected chi connectivity index (χ3v) is 5.91. The minimum absolute atomic E-state index is 0.0123. The fraction of sp³-hybridized carbons (Fsp3) is 0.600. The molecule has 1 saturated heterocycles. The molecule has 0 spiro atoms. The monoisotopic (exact) mass is 341 g/mol. The molecular formula is C15H23N3O4S. The molecule has 0 saturated carbocycles. The molecule has 1 aromatic rings. The minimum atomic E-state index is -3.05. The van der Waals surface area contributed by atoms with Crippen LogP contribution in [0.15, 0.2) is 10.9 Å². The Morgan fingerprint density at radius 3 is 2.65 bits per heavy atom. The van der Waals surface area contributed by atoms with E-state index >= 15 is 0 Å². The molecule has 2 amide bonds. The lowest BCUT2D eigenvalue weighted by Gasteiger charge is -2.27. The van der Waals surface area contributed by atoms with Crippen molar-refractivity contribution in [1.82, 2.24) is 15.2 Å². The highest BCUT2D eigenvalue weighted by Crippen LogP contribution is 2.17. The highest BCUT2D eigenvalue weighted by atomic mass is 32.2. The van der Waals surface area contributed by atoms with Gasteiger partial charge in [-0.1, -0.05) is 0 Å². The van der Waals surface area contributed by atoms with E-state index in [9.17, 15) is 18.0 Å². The molecule has 2 heterocycles. The van der Waals surface area contributed by atoms with Crippen LogP contribution in [0.3, 0.4) is 0 Å². The number of aromatic amines is 1. The maximum atomic E-state index is 12.3. The normalized spacial score (nSPS) is 19.5. The Morgan fingerprint density at radius 2 is 2.13 bits per heavy atom. The second kappa shape index (κ2) is 6.74. The number of aromatic nitrogens is 1. The summed E-state index contributed by atoms with van der Waals surface area (Å²) < 4.78 is 23.2. The number of rotatable bonds is 4. The van der Waals surface area contributed by atoms with E-state index in [1.807, 2.05) is 19.9 Å². The van der Waals surface area contributed by atoms with E-state index in [0.29, 0.717) is 18.5 Å². The topological polar surface area (TPSA) is 99.3 Å². The van der Waals surface area contributed by atoms with E-state index in [1.165, 1.54) is 4.90 Å². The van der Waals surface area contributed by atoms with Gasteiger partial charge in [0, 0.05) is 23.8 Å². The van der Waals surface area contributed by atoms with Gasteiger partial charge in [0.15, 0.2) is 9.84 Å². The van der Waals surface area contributed by atoms with Crippen molar-refractivity contribution in [3.63, 3.8) is 0 Å². The van der Waals surface area contributed by atoms with Gasteiger partial charge in [-0.15, -0.1) is 0 Å². The predicted molar refractivity (Wildman–Crippen MR) is 88.2 cm³/mol. The molecule has 1 aliphatic heterocycles. The molecular weight excluding hydrogens is 318 g/mol. The summed E-state index contributed by atoms with van der Waals surface area (Å²) in [6, 6.07) is 1.22. The quantitative estimate of drug-likeness (QED) is 0.842. The van der Waals surface area contributed by atoms with Gasteiger partial charge < -0.3 is 15.2 Å². The molecule has 1 fully saturated rings. The van der Waals surface area contributed by atoms with E-state index in [0.717, 1.165) is 11.3 Å². The highest BCUT2D eigenvalue weighted by molar-refractivity contribution is 7.91. The third kappa shape index (κ3) is 4.13. The van der Waals surface area contributed by atoms with E-state index < -0.39 is 9.84 Å². The summed E-state index contributed by atoms with van der Waals surface area (Å²) in [5.74, 6) is 0.136. The molecule has 2 N–H and O–H groups in total. The van der Waals surface area contributed by atoms with Crippen LogP contribution in [0.5, 0.6) is 0 Å². The number of aryl methyl sites for hydroxylation is 2. The number of carbonyl (C=O) groups excluding carboxylic acids is 1. The first-order valence-electron chi connectivity index (χ1n) is 7.68. The van der Waals surface area contributed by atoms with Crippen LogP contribution in [0.1, 0.15) is 30.2 Å². The maximum Gasteiger partial charge on any atom is 0.317 e. The first-order chi connectivity index (χ1) is 10.7. The van der Waals surface area contributed by atoms with Gasteiger partial charge in [-0.3, -0.25) is 4.79 Å². The molecule has 1 aliphatic rings. The molecule has 0 radical (unpaired) electrons. The fourth-order valence-corrected chi connectivity index (χ4v) is 4.69. The summed E-state index contributed by atoms with van der Waals surface area (Å²) in [4.78, 5) is 28.5. The molecule has 0 aromatic carbocycles. The SMILES string of the molecule is CCN(C(=O)NCc1c(C)cc(C)[nH]c1=O)[C@@H]1CCS(=O)(=O)C1. The van der Waals surface area contributed by atoms with Crippen LogP contribution in [0.4, 0.5) is 4.79 Å². The number of pyridine rings is 1. The number of sulfone groups is 1. The van der Waals surface area contributed by atoms with Crippen molar-refractivity contribution in [3.8, 4) is 0 Å². The van der Waals surface area contributed by atoms with Crippen molar-refractivity contribution in [2.45, 2.75) is 39.8 Å². The van der Waals surface area contributed by atoms with Crippen LogP contribution in [-0.2, 0) is 16.4 Å². The Balaban J connectivity index is 2.05. The summed E-state index contributed by atoms with van der Waals surface area (Å²) in [6.45, 7) is 5.99. The van der Waals surface area contributed by atoms with Gasteiger partial charge in [-0.2, -0.15) is 0 Å². The number of H-pyrrole nitrogens is 1. The maximum absolute atomic E-state index is 12.3. The smallest absolute Gasteiger partial charge is 0.317 e. The minimum Gasteiger partial charge on any atom is -0.334 e. The van der Waals surface area contributed by atoms with Crippen molar-refractivity contribution in [3.05, 3.63) is 33.2 Å². The average Bonchev–Trinajstić information content (AvgIpc) is 2.78. The molecule has 0 aliphatic carbocycles. The zero-order valence-corrected chi connectivity index (χ0v) is 14.5. The first kappa shape index (κ1) is 17.5. The average molecular weight is 341 g/mol. The summed E-state index contributed by atoms with van der Waals surface area (Å²) in [5, 5.41) is 2.73. The number of hydrogen-bond acceptors (Lipinski definition) is 4. The second-order valence-electron chi connectivity index (χ2n) is 5.94. The lowest BCUT2D eigenvalue weighted by Crippen LogP contribution is -2.46. The van der Waals surface area contributed by atoms with Crippen LogP contribution in [-0.4, -0.2) is 48.4 Å². The van der Waals surface area contributed by atoms with Crippen molar-refractivity contribution in [2.24, 2.45) is 0 Å². The third-order valence-electron chi connectivity index (χ3n) is 4.16. The fourth-order valence-electron chi connectivity index (χ4n) is 2.96. The number of nitrogens with one attached hydrogen (secondary N) is 2. The molecule has 23 heavy (non-hydrogen) atoms. The molecule has 2 rings (SSSR count). The standard InChI is InChI=1S/C15H23N3O4S/c1-4-18(12-5-6-23(21,22)9-12)15(20)16-8-13-10(2)7-11(3)17-14(13)19/h7,12H,4-6,8-9H2,1-3H3,(H,16,20)(H,17,19)/t12-/m1/s1. The van der Waals surface area contributed by atoms with E-state index in [4.69, 9.17) is 0 Å². The Hall–Kier alpha value is -1.83. The molecule has 1 atom stereocenters. The van der Waals surface area contributed by atoms with Crippen molar-refractivity contribution < 1.29 is 13.2 Å². The number of nitrogens with zero attached hydrogens (tertiary/aromatic N) is 1. The summed E-state index contributed by atoms with van der Waals surface area (Å²) in [5.41, 5.74) is 1.89. The summed E-state index contributed by atoms with van der Waals surface area (Å²) in [6.07, 6.45) is 0.466. The lowest BCUT2D eigenvalue weighted by atomic mass is 10.1. The Bertz CT molecular complexity index is 754. The van der Waals surface area contributed by atoms with Gasteiger partial charge in [0.1, 0.15) is 0 Å². The van der Waals surface area contributed by atoms with E-state index in [2.05, 4.69) is 10.3 Å². The molecule has 0 unspecified atom stereocenters. The molecule has 8 heteroatoms. The van der Waals surface area contributed by atoms with E-state index in [1.54, 1.807) is 6.92 Å². The van der Waals surface area contributed by atoms with Crippen LogP contribution in [0.2, 0.25) is 0 Å². The molecule has 7 nitrogen and oxygen atoms in total. The van der Waals surface area contributed by atoms with Gasteiger partial charge in [0.05, 0.1) is 18.1 Å². The number of hydrogen-bond donors (Lipinski definition) is 2. The highest BCUT2D eigenvalue weighted by Gasteiger charge is 2.33. The zero-order chi connectivity index (χ0) is 17.2. The number of carbonyl (C=O) groups is 1. The van der Waals surface area contributed by atoms with Gasteiger partial charge in [0.25, 0.3) is 5.56 Å². The summed E-state index contributed by atoms with van der Waals surface area (Å²) in [7, 11) is -3.05. The Morgan fingerprint density at radius 1 is 1.43 bits per heavy atom. The lowest BCUT2D eigenvalue weighted by molar-refractivity contribution is 0.183. The molecule has 128 valence electrons. The first-order valence-corrected chi connectivity index (χ1v) is 9.50. The Labute approximate surface area is 136 Å². The van der Waals surface area contributed by atoms with Gasteiger partial charge in [0.2, 0.25) is 0 Å². The van der Waals surface area contributed by atoms with Crippen LogP contribution >= 0.6 is 0 Å².